The normalized spacial score (nSPS) is 11.2. The molecule has 0 bridgehead atoms. The molecule has 2 aromatic heterocycles. The summed E-state index contributed by atoms with van der Waals surface area (Å²) in [6.07, 6.45) is 3.19. The summed E-state index contributed by atoms with van der Waals surface area (Å²) in [4.78, 5) is 29.6. The lowest BCUT2D eigenvalue weighted by Gasteiger charge is -2.04. The highest BCUT2D eigenvalue weighted by atomic mass is 16.2. The van der Waals surface area contributed by atoms with E-state index >= 15 is 0 Å². The predicted octanol–water partition coefficient (Wildman–Crippen LogP) is 4.63. The van der Waals surface area contributed by atoms with Gasteiger partial charge in [0.05, 0.1) is 16.9 Å². The van der Waals surface area contributed by atoms with Crippen molar-refractivity contribution in [2.75, 3.05) is 0 Å². The van der Waals surface area contributed by atoms with E-state index in [-0.39, 0.29) is 11.7 Å². The summed E-state index contributed by atoms with van der Waals surface area (Å²) in [6.45, 7) is 3.68. The van der Waals surface area contributed by atoms with Crippen LogP contribution in [-0.2, 0) is 0 Å². The van der Waals surface area contributed by atoms with Gasteiger partial charge in [0.25, 0.3) is 5.91 Å². The maximum Gasteiger partial charge on any atom is 0.278 e. The van der Waals surface area contributed by atoms with Crippen molar-refractivity contribution in [2.45, 2.75) is 13.8 Å². The summed E-state index contributed by atoms with van der Waals surface area (Å²) >= 11 is 0. The van der Waals surface area contributed by atoms with E-state index in [1.54, 1.807) is 30.3 Å². The van der Waals surface area contributed by atoms with Crippen molar-refractivity contribution in [1.29, 1.82) is 0 Å². The maximum atomic E-state index is 12.6. The van der Waals surface area contributed by atoms with Crippen LogP contribution < -0.4 is 0 Å². The van der Waals surface area contributed by atoms with Crippen molar-refractivity contribution in [3.8, 4) is 0 Å². The second-order valence-electron chi connectivity index (χ2n) is 6.85. The zero-order valence-corrected chi connectivity index (χ0v) is 16.2. The summed E-state index contributed by atoms with van der Waals surface area (Å²) in [5.74, 6) is -0.365. The van der Waals surface area contributed by atoms with E-state index in [1.807, 2.05) is 56.3 Å². The number of benzene rings is 2. The van der Waals surface area contributed by atoms with Gasteiger partial charge in [0, 0.05) is 22.2 Å². The number of nitrogens with zero attached hydrogens (tertiary/aromatic N) is 3. The zero-order chi connectivity index (χ0) is 20.4. The van der Waals surface area contributed by atoms with Crippen LogP contribution in [0.3, 0.4) is 0 Å². The van der Waals surface area contributed by atoms with Crippen LogP contribution >= 0.6 is 0 Å². The molecule has 0 amide bonds. The number of rotatable bonds is 4. The number of hydrogen-bond donors (Lipinski definition) is 0. The number of para-hydroxylation sites is 1. The molecule has 0 saturated heterocycles. The van der Waals surface area contributed by atoms with E-state index < -0.39 is 0 Å². The molecule has 0 fully saturated rings. The topological polar surface area (TPSA) is 64.8 Å². The highest BCUT2D eigenvalue weighted by molar-refractivity contribution is 6.07. The number of aromatic nitrogens is 3. The number of fused-ring (bicyclic) bond motifs is 1. The molecule has 0 spiro atoms. The number of allylic oxidation sites excluding steroid dienone is 1. The van der Waals surface area contributed by atoms with E-state index in [0.29, 0.717) is 16.8 Å². The first kappa shape index (κ1) is 18.5. The van der Waals surface area contributed by atoms with Crippen molar-refractivity contribution < 1.29 is 9.59 Å². The molecule has 0 radical (unpaired) electrons. The molecule has 4 aromatic rings. The Bertz CT molecular complexity index is 1250. The average Bonchev–Trinajstić information content (AvgIpc) is 3.09. The molecule has 5 heteroatoms. The molecule has 0 atom stereocenters. The third-order valence-electron chi connectivity index (χ3n) is 4.64. The second-order valence-corrected chi connectivity index (χ2v) is 6.85. The van der Waals surface area contributed by atoms with Crippen molar-refractivity contribution in [3.63, 3.8) is 0 Å². The van der Waals surface area contributed by atoms with Crippen LogP contribution in [0.1, 0.15) is 37.8 Å². The van der Waals surface area contributed by atoms with E-state index in [1.165, 1.54) is 10.8 Å². The smallest absolute Gasteiger partial charge is 0.278 e. The monoisotopic (exact) mass is 381 g/mol. The van der Waals surface area contributed by atoms with Crippen LogP contribution in [0.5, 0.6) is 0 Å². The molecule has 0 unspecified atom stereocenters. The number of pyridine rings is 1. The van der Waals surface area contributed by atoms with Gasteiger partial charge >= 0.3 is 0 Å². The molecule has 2 aromatic carbocycles. The summed E-state index contributed by atoms with van der Waals surface area (Å²) in [7, 11) is 0. The maximum absolute atomic E-state index is 12.6. The Morgan fingerprint density at radius 3 is 2.34 bits per heavy atom. The van der Waals surface area contributed by atoms with Gasteiger partial charge in [0.1, 0.15) is 0 Å². The van der Waals surface area contributed by atoms with Crippen molar-refractivity contribution >= 4 is 28.7 Å². The molecule has 4 rings (SSSR count). The van der Waals surface area contributed by atoms with E-state index in [4.69, 9.17) is 0 Å². The first-order valence-corrected chi connectivity index (χ1v) is 9.27. The number of carbonyl (C=O) groups is 2. The largest absolute Gasteiger partial charge is 0.289 e. The Labute approximate surface area is 168 Å². The summed E-state index contributed by atoms with van der Waals surface area (Å²) in [6, 6.07) is 20.1. The standard InChI is InChI=1S/C24H19N3O2/c1-16-15-17(2)27(26-16)24(29)20-9-7-19(8-10-20)23(28)14-13-21-12-11-18-5-3-4-6-22(18)25-21/h3-15H,1-2H3/b14-13+. The van der Waals surface area contributed by atoms with Gasteiger partial charge in [-0.2, -0.15) is 5.10 Å². The number of carbonyl (C=O) groups excluding carboxylic acids is 2. The number of aryl methyl sites for hydroxylation is 2. The summed E-state index contributed by atoms with van der Waals surface area (Å²) in [5.41, 5.74) is 4.15. The fourth-order valence-corrected chi connectivity index (χ4v) is 3.17. The van der Waals surface area contributed by atoms with Crippen LogP contribution in [0.2, 0.25) is 0 Å². The van der Waals surface area contributed by atoms with E-state index in [0.717, 1.165) is 22.3 Å². The lowest BCUT2D eigenvalue weighted by molar-refractivity contribution is 0.0941. The molecule has 0 aliphatic carbocycles. The molecule has 0 aliphatic heterocycles. The van der Waals surface area contributed by atoms with Crippen LogP contribution in [0.25, 0.3) is 17.0 Å². The third kappa shape index (κ3) is 3.89. The van der Waals surface area contributed by atoms with Gasteiger partial charge in [0.15, 0.2) is 5.78 Å². The molecule has 29 heavy (non-hydrogen) atoms. The van der Waals surface area contributed by atoms with Crippen LogP contribution in [0.15, 0.2) is 72.8 Å². The minimum atomic E-state index is -0.217. The van der Waals surface area contributed by atoms with Gasteiger partial charge in [0.2, 0.25) is 0 Å². The summed E-state index contributed by atoms with van der Waals surface area (Å²) in [5, 5.41) is 5.27. The first-order chi connectivity index (χ1) is 14.0. The predicted molar refractivity (Wildman–Crippen MR) is 113 cm³/mol. The molecule has 5 nitrogen and oxygen atoms in total. The van der Waals surface area contributed by atoms with Gasteiger partial charge < -0.3 is 0 Å². The number of ketones is 1. The zero-order valence-electron chi connectivity index (χ0n) is 16.2. The lowest BCUT2D eigenvalue weighted by atomic mass is 10.1. The van der Waals surface area contributed by atoms with Gasteiger partial charge in [-0.1, -0.05) is 36.4 Å². The Morgan fingerprint density at radius 2 is 1.62 bits per heavy atom. The van der Waals surface area contributed by atoms with Crippen molar-refractivity contribution in [2.24, 2.45) is 0 Å². The molecule has 142 valence electrons. The molecule has 0 saturated carbocycles. The van der Waals surface area contributed by atoms with Crippen LogP contribution in [0, 0.1) is 13.8 Å². The minimum Gasteiger partial charge on any atom is -0.289 e. The van der Waals surface area contributed by atoms with Crippen LogP contribution in [-0.4, -0.2) is 26.5 Å². The van der Waals surface area contributed by atoms with Crippen LogP contribution in [0.4, 0.5) is 0 Å². The highest BCUT2D eigenvalue weighted by Gasteiger charge is 2.13. The Morgan fingerprint density at radius 1 is 0.897 bits per heavy atom. The molecular formula is C24H19N3O2. The molecule has 2 heterocycles. The quantitative estimate of drug-likeness (QED) is 0.382. The van der Waals surface area contributed by atoms with Gasteiger partial charge in [-0.3, -0.25) is 9.59 Å². The Kier molecular flexibility index (Phi) is 4.87. The minimum absolute atomic E-state index is 0.148. The van der Waals surface area contributed by atoms with Gasteiger partial charge in [-0.15, -0.1) is 0 Å². The van der Waals surface area contributed by atoms with E-state index in [2.05, 4.69) is 10.1 Å². The second kappa shape index (κ2) is 7.64. The fourth-order valence-electron chi connectivity index (χ4n) is 3.17. The summed E-state index contributed by atoms with van der Waals surface area (Å²) < 4.78 is 1.37. The van der Waals surface area contributed by atoms with Gasteiger partial charge in [-0.25, -0.2) is 9.67 Å². The SMILES string of the molecule is Cc1cc(C)n(C(=O)c2ccc(C(=O)/C=C/c3ccc4ccccc4n3)cc2)n1. The number of hydrogen-bond acceptors (Lipinski definition) is 4. The van der Waals surface area contributed by atoms with Crippen molar-refractivity contribution in [3.05, 3.63) is 101 Å². The molecular weight excluding hydrogens is 362 g/mol. The Balaban J connectivity index is 1.50. The van der Waals surface area contributed by atoms with Gasteiger partial charge in [-0.05, 0) is 56.3 Å². The highest BCUT2D eigenvalue weighted by Crippen LogP contribution is 2.14. The first-order valence-electron chi connectivity index (χ1n) is 9.27. The molecule has 0 aliphatic rings. The van der Waals surface area contributed by atoms with Crippen molar-refractivity contribution in [1.82, 2.24) is 14.8 Å². The average molecular weight is 381 g/mol. The van der Waals surface area contributed by atoms with E-state index in [9.17, 15) is 9.59 Å². The Hall–Kier alpha value is -3.86. The third-order valence-corrected chi connectivity index (χ3v) is 4.64. The molecule has 0 N–H and O–H groups in total. The lowest BCUT2D eigenvalue weighted by Crippen LogP contribution is -2.15. The fraction of sp³-hybridized carbons (Fsp3) is 0.0833.